The molecule has 1 aromatic carbocycles. The number of nitrogens with two attached hydrogens (primary N) is 1. The molecule has 24 heavy (non-hydrogen) atoms. The molecule has 3 aromatic rings. The molecular weight excluding hydrogens is 324 g/mol. The molecule has 0 aliphatic heterocycles. The number of aryl methyl sites for hydroxylation is 2. The van der Waals surface area contributed by atoms with Gasteiger partial charge in [-0.1, -0.05) is 23.8 Å². The van der Waals surface area contributed by atoms with E-state index in [0.717, 1.165) is 11.1 Å². The monoisotopic (exact) mass is 342 g/mol. The van der Waals surface area contributed by atoms with Crippen molar-refractivity contribution in [3.63, 3.8) is 0 Å². The molecule has 0 bridgehead atoms. The standard InChI is InChI=1S/C18H18N2O3S/c1-9-5-6-11(10(2)7-9)16(21)17-15(19)14-12(22-3)8-13(23-4)20-18(14)24-17/h5-8H,19H2,1-4H3. The highest BCUT2D eigenvalue weighted by Crippen LogP contribution is 2.41. The largest absolute Gasteiger partial charge is 0.496 e. The van der Waals surface area contributed by atoms with Crippen molar-refractivity contribution in [2.75, 3.05) is 20.0 Å². The minimum atomic E-state index is -0.103. The average molecular weight is 342 g/mol. The van der Waals surface area contributed by atoms with E-state index in [1.54, 1.807) is 13.2 Å². The molecule has 3 rings (SSSR count). The van der Waals surface area contributed by atoms with Gasteiger partial charge in [-0.05, 0) is 19.4 Å². The summed E-state index contributed by atoms with van der Waals surface area (Å²) in [4.78, 5) is 18.4. The van der Waals surface area contributed by atoms with E-state index in [1.165, 1.54) is 18.4 Å². The van der Waals surface area contributed by atoms with Gasteiger partial charge in [0, 0.05) is 11.6 Å². The molecule has 0 atom stereocenters. The van der Waals surface area contributed by atoms with Crippen LogP contribution in [0.5, 0.6) is 11.6 Å². The van der Waals surface area contributed by atoms with E-state index in [2.05, 4.69) is 4.98 Å². The molecule has 2 aromatic heterocycles. The fourth-order valence-electron chi connectivity index (χ4n) is 2.69. The number of hydrogen-bond acceptors (Lipinski definition) is 6. The number of carbonyl (C=O) groups excluding carboxylic acids is 1. The number of hydrogen-bond donors (Lipinski definition) is 1. The molecule has 124 valence electrons. The van der Waals surface area contributed by atoms with Crippen molar-refractivity contribution in [3.8, 4) is 11.6 Å². The molecule has 0 saturated heterocycles. The number of pyridine rings is 1. The third-order valence-electron chi connectivity index (χ3n) is 3.90. The fourth-order valence-corrected chi connectivity index (χ4v) is 3.75. The van der Waals surface area contributed by atoms with Crippen molar-refractivity contribution in [1.29, 1.82) is 0 Å². The predicted octanol–water partition coefficient (Wildman–Crippen LogP) is 3.74. The lowest BCUT2D eigenvalue weighted by Crippen LogP contribution is -2.04. The number of aromatic nitrogens is 1. The summed E-state index contributed by atoms with van der Waals surface area (Å²) in [6, 6.07) is 7.41. The third-order valence-corrected chi connectivity index (χ3v) is 5.00. The summed E-state index contributed by atoms with van der Waals surface area (Å²) in [5.41, 5.74) is 9.33. The number of ether oxygens (including phenoxy) is 2. The van der Waals surface area contributed by atoms with Crippen LogP contribution in [0.1, 0.15) is 26.4 Å². The Morgan fingerprint density at radius 2 is 1.92 bits per heavy atom. The van der Waals surface area contributed by atoms with Crippen LogP contribution in [0.2, 0.25) is 0 Å². The maximum Gasteiger partial charge on any atom is 0.218 e. The molecule has 6 heteroatoms. The zero-order valence-corrected chi connectivity index (χ0v) is 14.8. The second kappa shape index (κ2) is 6.13. The van der Waals surface area contributed by atoms with Crippen molar-refractivity contribution >= 4 is 33.0 Å². The highest BCUT2D eigenvalue weighted by atomic mass is 32.1. The third kappa shape index (κ3) is 2.59. The summed E-state index contributed by atoms with van der Waals surface area (Å²) in [7, 11) is 3.09. The Kier molecular flexibility index (Phi) is 4.15. The summed E-state index contributed by atoms with van der Waals surface area (Å²) >= 11 is 1.25. The van der Waals surface area contributed by atoms with Gasteiger partial charge >= 0.3 is 0 Å². The number of nitrogens with zero attached hydrogens (tertiary/aromatic N) is 1. The molecular formula is C18H18N2O3S. The molecule has 0 saturated carbocycles. The highest BCUT2D eigenvalue weighted by Gasteiger charge is 2.23. The summed E-state index contributed by atoms with van der Waals surface area (Å²) in [6.07, 6.45) is 0. The first-order chi connectivity index (χ1) is 11.5. The van der Waals surface area contributed by atoms with Crippen LogP contribution in [0, 0.1) is 13.8 Å². The van der Waals surface area contributed by atoms with Gasteiger partial charge in [0.15, 0.2) is 0 Å². The number of nitrogen functional groups attached to an aromatic ring is 1. The van der Waals surface area contributed by atoms with Crippen molar-refractivity contribution in [2.24, 2.45) is 0 Å². The van der Waals surface area contributed by atoms with Crippen LogP contribution >= 0.6 is 11.3 Å². The van der Waals surface area contributed by atoms with Crippen LogP contribution in [0.25, 0.3) is 10.2 Å². The van der Waals surface area contributed by atoms with Gasteiger partial charge < -0.3 is 15.2 Å². The number of ketones is 1. The van der Waals surface area contributed by atoms with E-state index in [1.807, 2.05) is 32.0 Å². The molecule has 0 amide bonds. The summed E-state index contributed by atoms with van der Waals surface area (Å²) in [5, 5.41) is 0.649. The number of benzene rings is 1. The van der Waals surface area contributed by atoms with Crippen molar-refractivity contribution in [3.05, 3.63) is 45.8 Å². The van der Waals surface area contributed by atoms with Gasteiger partial charge in [-0.15, -0.1) is 11.3 Å². The van der Waals surface area contributed by atoms with E-state index in [4.69, 9.17) is 15.2 Å². The summed E-state index contributed by atoms with van der Waals surface area (Å²) in [5.74, 6) is 0.866. The fraction of sp³-hybridized carbons (Fsp3) is 0.222. The molecule has 0 aliphatic carbocycles. The van der Waals surface area contributed by atoms with Gasteiger partial charge in [0.1, 0.15) is 15.5 Å². The van der Waals surface area contributed by atoms with E-state index < -0.39 is 0 Å². The minimum absolute atomic E-state index is 0.103. The topological polar surface area (TPSA) is 74.4 Å². The smallest absolute Gasteiger partial charge is 0.218 e. The number of thiophene rings is 1. The maximum absolute atomic E-state index is 13.0. The minimum Gasteiger partial charge on any atom is -0.496 e. The Morgan fingerprint density at radius 3 is 2.54 bits per heavy atom. The lowest BCUT2D eigenvalue weighted by molar-refractivity contribution is 0.104. The van der Waals surface area contributed by atoms with Crippen LogP contribution in [0.3, 0.4) is 0 Å². The Labute approximate surface area is 144 Å². The van der Waals surface area contributed by atoms with Crippen molar-refractivity contribution in [2.45, 2.75) is 13.8 Å². The first-order valence-corrected chi connectivity index (χ1v) is 8.20. The van der Waals surface area contributed by atoms with E-state index >= 15 is 0 Å². The zero-order valence-electron chi connectivity index (χ0n) is 14.0. The molecule has 0 spiro atoms. The van der Waals surface area contributed by atoms with E-state index in [9.17, 15) is 4.79 Å². The molecule has 2 heterocycles. The number of fused-ring (bicyclic) bond motifs is 1. The van der Waals surface area contributed by atoms with Crippen LogP contribution in [0.4, 0.5) is 5.69 Å². The second-order valence-corrected chi connectivity index (χ2v) is 6.54. The van der Waals surface area contributed by atoms with Gasteiger partial charge in [0.25, 0.3) is 0 Å². The normalized spacial score (nSPS) is 10.8. The molecule has 5 nitrogen and oxygen atoms in total. The second-order valence-electron chi connectivity index (χ2n) is 5.54. The van der Waals surface area contributed by atoms with Crippen LogP contribution < -0.4 is 15.2 Å². The van der Waals surface area contributed by atoms with Crippen LogP contribution in [-0.2, 0) is 0 Å². The zero-order chi connectivity index (χ0) is 17.4. The van der Waals surface area contributed by atoms with Crippen LogP contribution in [-0.4, -0.2) is 25.0 Å². The van der Waals surface area contributed by atoms with Crippen molar-refractivity contribution in [1.82, 2.24) is 4.98 Å². The predicted molar refractivity (Wildman–Crippen MR) is 96.5 cm³/mol. The Morgan fingerprint density at radius 1 is 1.17 bits per heavy atom. The van der Waals surface area contributed by atoms with E-state index in [0.29, 0.717) is 38.0 Å². The SMILES string of the molecule is COc1cc(OC)c2c(N)c(C(=O)c3ccc(C)cc3C)sc2n1. The van der Waals surface area contributed by atoms with E-state index in [-0.39, 0.29) is 5.78 Å². The molecule has 0 aliphatic rings. The Balaban J connectivity index is 2.19. The average Bonchev–Trinajstić information content (AvgIpc) is 2.90. The number of anilines is 1. The Bertz CT molecular complexity index is 947. The number of rotatable bonds is 4. The van der Waals surface area contributed by atoms with Crippen molar-refractivity contribution < 1.29 is 14.3 Å². The number of methoxy groups -OCH3 is 2. The highest BCUT2D eigenvalue weighted by molar-refractivity contribution is 7.21. The van der Waals surface area contributed by atoms with Crippen LogP contribution in [0.15, 0.2) is 24.3 Å². The molecule has 0 unspecified atom stereocenters. The Hall–Kier alpha value is -2.60. The summed E-state index contributed by atoms with van der Waals surface area (Å²) in [6.45, 7) is 3.92. The van der Waals surface area contributed by atoms with Gasteiger partial charge in [0.05, 0.1) is 25.3 Å². The lowest BCUT2D eigenvalue weighted by atomic mass is 10.0. The van der Waals surface area contributed by atoms with Gasteiger partial charge in [0.2, 0.25) is 11.7 Å². The molecule has 0 radical (unpaired) electrons. The molecule has 0 fully saturated rings. The maximum atomic E-state index is 13.0. The van der Waals surface area contributed by atoms with Gasteiger partial charge in [-0.3, -0.25) is 4.79 Å². The van der Waals surface area contributed by atoms with Gasteiger partial charge in [-0.2, -0.15) is 0 Å². The number of carbonyl (C=O) groups is 1. The quantitative estimate of drug-likeness (QED) is 0.731. The molecule has 2 N–H and O–H groups in total. The first kappa shape index (κ1) is 16.3. The first-order valence-electron chi connectivity index (χ1n) is 7.39. The summed E-state index contributed by atoms with van der Waals surface area (Å²) < 4.78 is 10.6. The van der Waals surface area contributed by atoms with Gasteiger partial charge in [-0.25, -0.2) is 4.98 Å². The lowest BCUT2D eigenvalue weighted by Gasteiger charge is -2.06.